The van der Waals surface area contributed by atoms with E-state index in [0.717, 1.165) is 22.6 Å². The van der Waals surface area contributed by atoms with Gasteiger partial charge in [0.25, 0.3) is 5.91 Å². The molecule has 0 aliphatic carbocycles. The third-order valence-corrected chi connectivity index (χ3v) is 4.09. The van der Waals surface area contributed by atoms with Crippen LogP contribution in [0.25, 0.3) is 0 Å². The van der Waals surface area contributed by atoms with Crippen molar-refractivity contribution in [2.75, 3.05) is 19.9 Å². The van der Waals surface area contributed by atoms with Crippen LogP contribution >= 0.6 is 0 Å². The lowest BCUT2D eigenvalue weighted by molar-refractivity contribution is -0.120. The van der Waals surface area contributed by atoms with Crippen molar-refractivity contribution in [3.8, 4) is 11.5 Å². The summed E-state index contributed by atoms with van der Waals surface area (Å²) in [5, 5.41) is 5.62. The van der Waals surface area contributed by atoms with Crippen LogP contribution in [0.5, 0.6) is 11.5 Å². The molecule has 136 valence electrons. The van der Waals surface area contributed by atoms with Crippen molar-refractivity contribution < 1.29 is 19.1 Å². The maximum absolute atomic E-state index is 12.0. The largest absolute Gasteiger partial charge is 0.454 e. The molecule has 0 aromatic heterocycles. The van der Waals surface area contributed by atoms with Gasteiger partial charge in [0.05, 0.1) is 0 Å². The number of aryl methyl sites for hydroxylation is 1. The average Bonchev–Trinajstić information content (AvgIpc) is 3.09. The summed E-state index contributed by atoms with van der Waals surface area (Å²) in [5.41, 5.74) is 2.70. The molecule has 2 aromatic carbocycles. The molecule has 1 aliphatic rings. The summed E-state index contributed by atoms with van der Waals surface area (Å²) in [7, 11) is 0. The van der Waals surface area contributed by atoms with E-state index in [2.05, 4.69) is 10.6 Å². The highest BCUT2D eigenvalue weighted by molar-refractivity contribution is 5.94. The van der Waals surface area contributed by atoms with Gasteiger partial charge in [0.2, 0.25) is 12.7 Å². The number of hydrogen-bond donors (Lipinski definition) is 2. The number of carbonyl (C=O) groups is 2. The van der Waals surface area contributed by atoms with Gasteiger partial charge in [-0.05, 0) is 43.2 Å². The van der Waals surface area contributed by atoms with Crippen LogP contribution in [-0.4, -0.2) is 31.7 Å². The van der Waals surface area contributed by atoms with Crippen molar-refractivity contribution in [3.63, 3.8) is 0 Å². The summed E-state index contributed by atoms with van der Waals surface area (Å²) in [6, 6.07) is 13.1. The molecule has 0 unspecified atom stereocenters. The number of fused-ring (bicyclic) bond motifs is 1. The van der Waals surface area contributed by atoms with Crippen LogP contribution in [0.3, 0.4) is 0 Å². The second-order valence-electron chi connectivity index (χ2n) is 6.16. The van der Waals surface area contributed by atoms with Crippen LogP contribution in [-0.2, 0) is 11.2 Å². The molecule has 6 nitrogen and oxygen atoms in total. The topological polar surface area (TPSA) is 76.7 Å². The Morgan fingerprint density at radius 1 is 1.00 bits per heavy atom. The standard InChI is InChI=1S/C20H22N2O4/c1-14-3-2-4-16(11-14)20(24)22-10-8-19(23)21-9-7-15-5-6-17-18(12-15)26-13-25-17/h2-6,11-12H,7-10,13H2,1H3,(H,21,23)(H,22,24). The average molecular weight is 354 g/mol. The third-order valence-electron chi connectivity index (χ3n) is 4.09. The highest BCUT2D eigenvalue weighted by Gasteiger charge is 2.13. The second-order valence-corrected chi connectivity index (χ2v) is 6.16. The van der Waals surface area contributed by atoms with Crippen molar-refractivity contribution in [2.24, 2.45) is 0 Å². The van der Waals surface area contributed by atoms with E-state index < -0.39 is 0 Å². The van der Waals surface area contributed by atoms with Crippen LogP contribution in [0.4, 0.5) is 0 Å². The molecule has 0 radical (unpaired) electrons. The number of benzene rings is 2. The van der Waals surface area contributed by atoms with Crippen molar-refractivity contribution in [3.05, 3.63) is 59.2 Å². The van der Waals surface area contributed by atoms with Crippen molar-refractivity contribution in [1.82, 2.24) is 10.6 Å². The van der Waals surface area contributed by atoms with Crippen LogP contribution in [0.15, 0.2) is 42.5 Å². The van der Waals surface area contributed by atoms with Crippen molar-refractivity contribution in [2.45, 2.75) is 19.8 Å². The van der Waals surface area contributed by atoms with Gasteiger partial charge in [-0.3, -0.25) is 9.59 Å². The Morgan fingerprint density at radius 3 is 2.69 bits per heavy atom. The fourth-order valence-electron chi connectivity index (χ4n) is 2.71. The lowest BCUT2D eigenvalue weighted by atomic mass is 10.1. The molecule has 1 heterocycles. The van der Waals surface area contributed by atoms with Crippen molar-refractivity contribution in [1.29, 1.82) is 0 Å². The van der Waals surface area contributed by atoms with Crippen LogP contribution in [0, 0.1) is 6.92 Å². The van der Waals surface area contributed by atoms with Crippen LogP contribution < -0.4 is 20.1 Å². The first-order valence-corrected chi connectivity index (χ1v) is 8.62. The molecular weight excluding hydrogens is 332 g/mol. The van der Waals surface area contributed by atoms with E-state index in [-0.39, 0.29) is 25.0 Å². The fourth-order valence-corrected chi connectivity index (χ4v) is 2.71. The predicted octanol–water partition coefficient (Wildman–Crippen LogP) is 2.20. The van der Waals surface area contributed by atoms with E-state index in [0.29, 0.717) is 25.1 Å². The van der Waals surface area contributed by atoms with Crippen molar-refractivity contribution >= 4 is 11.8 Å². The summed E-state index contributed by atoms with van der Waals surface area (Å²) >= 11 is 0. The number of amides is 2. The van der Waals surface area contributed by atoms with Gasteiger partial charge >= 0.3 is 0 Å². The molecule has 3 rings (SSSR count). The maximum Gasteiger partial charge on any atom is 0.251 e. The van der Waals surface area contributed by atoms with E-state index in [9.17, 15) is 9.59 Å². The van der Waals surface area contributed by atoms with E-state index in [1.165, 1.54) is 0 Å². The number of hydrogen-bond acceptors (Lipinski definition) is 4. The minimum Gasteiger partial charge on any atom is -0.454 e. The smallest absolute Gasteiger partial charge is 0.251 e. The quantitative estimate of drug-likeness (QED) is 0.799. The van der Waals surface area contributed by atoms with Gasteiger partial charge in [0, 0.05) is 25.1 Å². The summed E-state index contributed by atoms with van der Waals surface area (Å²) < 4.78 is 10.6. The highest BCUT2D eigenvalue weighted by Crippen LogP contribution is 2.32. The lowest BCUT2D eigenvalue weighted by Crippen LogP contribution is -2.31. The van der Waals surface area contributed by atoms with Crippen LogP contribution in [0.1, 0.15) is 27.9 Å². The zero-order chi connectivity index (χ0) is 18.4. The van der Waals surface area contributed by atoms with Gasteiger partial charge in [0.15, 0.2) is 11.5 Å². The lowest BCUT2D eigenvalue weighted by Gasteiger charge is -2.08. The van der Waals surface area contributed by atoms with Crippen LogP contribution in [0.2, 0.25) is 0 Å². The Labute approximate surface area is 152 Å². The molecule has 26 heavy (non-hydrogen) atoms. The number of rotatable bonds is 7. The van der Waals surface area contributed by atoms with E-state index in [4.69, 9.17) is 9.47 Å². The Hall–Kier alpha value is -3.02. The normalized spacial score (nSPS) is 11.9. The Morgan fingerprint density at radius 2 is 1.85 bits per heavy atom. The molecule has 6 heteroatoms. The first-order chi connectivity index (χ1) is 12.6. The summed E-state index contributed by atoms with van der Waals surface area (Å²) in [4.78, 5) is 23.9. The van der Waals surface area contributed by atoms with Gasteiger partial charge in [-0.15, -0.1) is 0 Å². The second kappa shape index (κ2) is 8.38. The van der Waals surface area contributed by atoms with Gasteiger partial charge < -0.3 is 20.1 Å². The molecular formula is C20H22N2O4. The number of carbonyl (C=O) groups excluding carboxylic acids is 2. The van der Waals surface area contributed by atoms with Gasteiger partial charge in [-0.2, -0.15) is 0 Å². The highest BCUT2D eigenvalue weighted by atomic mass is 16.7. The molecule has 0 atom stereocenters. The molecule has 0 bridgehead atoms. The minimum atomic E-state index is -0.165. The van der Waals surface area contributed by atoms with Gasteiger partial charge in [-0.25, -0.2) is 0 Å². The Balaban J connectivity index is 1.35. The minimum absolute atomic E-state index is 0.0877. The summed E-state index contributed by atoms with van der Waals surface area (Å²) in [6.07, 6.45) is 0.955. The molecule has 0 saturated carbocycles. The number of nitrogens with one attached hydrogen (secondary N) is 2. The van der Waals surface area contributed by atoms with Gasteiger partial charge in [0.1, 0.15) is 0 Å². The molecule has 0 spiro atoms. The fraction of sp³-hybridized carbons (Fsp3) is 0.300. The third kappa shape index (κ3) is 4.75. The zero-order valence-electron chi connectivity index (χ0n) is 14.7. The summed E-state index contributed by atoms with van der Waals surface area (Å²) in [5.74, 6) is 1.24. The molecule has 2 aromatic rings. The first kappa shape index (κ1) is 17.8. The molecule has 2 amide bonds. The molecule has 1 aliphatic heterocycles. The Kier molecular flexibility index (Phi) is 5.73. The Bertz CT molecular complexity index is 804. The van der Waals surface area contributed by atoms with E-state index in [1.54, 1.807) is 6.07 Å². The zero-order valence-corrected chi connectivity index (χ0v) is 14.7. The van der Waals surface area contributed by atoms with E-state index >= 15 is 0 Å². The summed E-state index contributed by atoms with van der Waals surface area (Å²) in [6.45, 7) is 3.03. The van der Waals surface area contributed by atoms with E-state index in [1.807, 2.05) is 43.3 Å². The maximum atomic E-state index is 12.0. The van der Waals surface area contributed by atoms with Gasteiger partial charge in [-0.1, -0.05) is 23.8 Å². The first-order valence-electron chi connectivity index (χ1n) is 8.62. The molecule has 0 saturated heterocycles. The SMILES string of the molecule is Cc1cccc(C(=O)NCCC(=O)NCCc2ccc3c(c2)OCO3)c1. The monoisotopic (exact) mass is 354 g/mol. The predicted molar refractivity (Wildman–Crippen MR) is 97.4 cm³/mol. The molecule has 0 fully saturated rings. The number of ether oxygens (including phenoxy) is 2. The molecule has 2 N–H and O–H groups in total.